The highest BCUT2D eigenvalue weighted by Crippen LogP contribution is 2.33. The number of methoxy groups -OCH3 is 1. The molecule has 3 rings (SSSR count). The third kappa shape index (κ3) is 4.78. The van der Waals surface area contributed by atoms with Gasteiger partial charge in [-0.3, -0.25) is 4.79 Å². The molecule has 1 aromatic heterocycles. The molecule has 1 heterocycles. The van der Waals surface area contributed by atoms with E-state index in [-0.39, 0.29) is 12.5 Å². The van der Waals surface area contributed by atoms with Gasteiger partial charge in [-0.05, 0) is 48.0 Å². The highest BCUT2D eigenvalue weighted by Gasteiger charge is 2.12. The standard InChI is InChI=1S/C21H18ClNO4/c1-26-20-12-16(7-9-18(20)19-10-8-17(13-24)27-19)23-21(25)11-4-14-2-5-15(22)6-3-14/h2-12,24H,13H2,1H3,(H,23,25)/b11-4+. The number of amides is 1. The third-order valence-corrected chi connectivity index (χ3v) is 4.10. The minimum atomic E-state index is -0.264. The molecule has 0 saturated heterocycles. The summed E-state index contributed by atoms with van der Waals surface area (Å²) in [4.78, 5) is 12.1. The van der Waals surface area contributed by atoms with Crippen LogP contribution in [-0.2, 0) is 11.4 Å². The van der Waals surface area contributed by atoms with Gasteiger partial charge in [0.05, 0.1) is 12.7 Å². The fourth-order valence-corrected chi connectivity index (χ4v) is 2.64. The summed E-state index contributed by atoms with van der Waals surface area (Å²) in [5.41, 5.74) is 2.20. The first kappa shape index (κ1) is 18.8. The fourth-order valence-electron chi connectivity index (χ4n) is 2.51. The van der Waals surface area contributed by atoms with E-state index in [1.54, 1.807) is 55.7 Å². The van der Waals surface area contributed by atoms with E-state index in [1.807, 2.05) is 12.1 Å². The van der Waals surface area contributed by atoms with Gasteiger partial charge in [-0.1, -0.05) is 23.7 Å². The van der Waals surface area contributed by atoms with E-state index < -0.39 is 0 Å². The zero-order valence-electron chi connectivity index (χ0n) is 14.6. The summed E-state index contributed by atoms with van der Waals surface area (Å²) >= 11 is 5.84. The number of furan rings is 1. The van der Waals surface area contributed by atoms with Crippen molar-refractivity contribution in [2.24, 2.45) is 0 Å². The van der Waals surface area contributed by atoms with Crippen LogP contribution in [0.15, 0.2) is 65.1 Å². The molecule has 0 saturated carbocycles. The fraction of sp³-hybridized carbons (Fsp3) is 0.0952. The number of halogens is 1. The summed E-state index contributed by atoms with van der Waals surface area (Å²) in [6.45, 7) is -0.170. The molecule has 27 heavy (non-hydrogen) atoms. The Morgan fingerprint density at radius 2 is 1.96 bits per heavy atom. The van der Waals surface area contributed by atoms with Crippen LogP contribution in [0.3, 0.4) is 0 Å². The second-order valence-electron chi connectivity index (χ2n) is 5.71. The normalized spacial score (nSPS) is 10.9. The molecule has 1 amide bonds. The van der Waals surface area contributed by atoms with Crippen molar-refractivity contribution in [1.82, 2.24) is 0 Å². The minimum absolute atomic E-state index is 0.170. The molecule has 138 valence electrons. The van der Waals surface area contributed by atoms with Crippen LogP contribution >= 0.6 is 11.6 Å². The lowest BCUT2D eigenvalue weighted by atomic mass is 10.1. The van der Waals surface area contributed by atoms with Gasteiger partial charge >= 0.3 is 0 Å². The van der Waals surface area contributed by atoms with Gasteiger partial charge in [-0.15, -0.1) is 0 Å². The number of nitrogens with one attached hydrogen (secondary N) is 1. The first-order valence-electron chi connectivity index (χ1n) is 8.21. The average molecular weight is 384 g/mol. The van der Waals surface area contributed by atoms with E-state index in [1.165, 1.54) is 6.08 Å². The number of aliphatic hydroxyl groups is 1. The average Bonchev–Trinajstić information content (AvgIpc) is 3.16. The van der Waals surface area contributed by atoms with Crippen LogP contribution in [0.4, 0.5) is 5.69 Å². The summed E-state index contributed by atoms with van der Waals surface area (Å²) in [7, 11) is 1.54. The van der Waals surface area contributed by atoms with Crippen molar-refractivity contribution < 1.29 is 19.1 Å². The molecule has 2 N–H and O–H groups in total. The Bertz CT molecular complexity index is 961. The van der Waals surface area contributed by atoms with Gasteiger partial charge in [-0.25, -0.2) is 0 Å². The van der Waals surface area contributed by atoms with Crippen LogP contribution in [0.1, 0.15) is 11.3 Å². The lowest BCUT2D eigenvalue weighted by Crippen LogP contribution is -2.07. The summed E-state index contributed by atoms with van der Waals surface area (Å²) in [5.74, 6) is 1.34. The number of anilines is 1. The van der Waals surface area contributed by atoms with Crippen LogP contribution in [0.5, 0.6) is 5.75 Å². The molecule has 0 unspecified atom stereocenters. The highest BCUT2D eigenvalue weighted by atomic mass is 35.5. The number of aliphatic hydroxyl groups excluding tert-OH is 1. The number of ether oxygens (including phenoxy) is 1. The molecular formula is C21H18ClNO4. The highest BCUT2D eigenvalue weighted by molar-refractivity contribution is 6.30. The third-order valence-electron chi connectivity index (χ3n) is 3.85. The van der Waals surface area contributed by atoms with Crippen LogP contribution in [0.25, 0.3) is 17.4 Å². The summed E-state index contributed by atoms with van der Waals surface area (Å²) in [5, 5.41) is 12.6. The number of carbonyl (C=O) groups is 1. The van der Waals surface area contributed by atoms with Crippen molar-refractivity contribution in [3.8, 4) is 17.1 Å². The van der Waals surface area contributed by atoms with Crippen molar-refractivity contribution in [3.05, 3.63) is 77.0 Å². The SMILES string of the molecule is COc1cc(NC(=O)/C=C/c2ccc(Cl)cc2)ccc1-c1ccc(CO)o1. The molecule has 0 aliphatic rings. The van der Waals surface area contributed by atoms with Gasteiger partial charge in [0.1, 0.15) is 23.9 Å². The molecular weight excluding hydrogens is 366 g/mol. The Labute approximate surface area is 161 Å². The Morgan fingerprint density at radius 3 is 2.63 bits per heavy atom. The maximum atomic E-state index is 12.1. The second kappa shape index (κ2) is 8.58. The summed E-state index contributed by atoms with van der Waals surface area (Å²) in [6, 6.07) is 15.9. The first-order chi connectivity index (χ1) is 13.1. The Morgan fingerprint density at radius 1 is 1.19 bits per heavy atom. The quantitative estimate of drug-likeness (QED) is 0.602. The molecule has 5 nitrogen and oxygen atoms in total. The van der Waals surface area contributed by atoms with Crippen molar-refractivity contribution in [2.45, 2.75) is 6.61 Å². The van der Waals surface area contributed by atoms with E-state index >= 15 is 0 Å². The predicted octanol–water partition coefficient (Wildman–Crippen LogP) is 4.75. The Balaban J connectivity index is 1.73. The maximum absolute atomic E-state index is 12.1. The second-order valence-corrected chi connectivity index (χ2v) is 6.15. The van der Waals surface area contributed by atoms with Crippen LogP contribution < -0.4 is 10.1 Å². The lowest BCUT2D eigenvalue weighted by Gasteiger charge is -2.09. The lowest BCUT2D eigenvalue weighted by molar-refractivity contribution is -0.111. The number of carbonyl (C=O) groups excluding carboxylic acids is 1. The monoisotopic (exact) mass is 383 g/mol. The molecule has 0 spiro atoms. The Kier molecular flexibility index (Phi) is 5.96. The molecule has 3 aromatic rings. The predicted molar refractivity (Wildman–Crippen MR) is 106 cm³/mol. The number of hydrogen-bond acceptors (Lipinski definition) is 4. The van der Waals surface area contributed by atoms with E-state index in [4.69, 9.17) is 25.9 Å². The van der Waals surface area contributed by atoms with Gasteiger partial charge in [-0.2, -0.15) is 0 Å². The van der Waals surface area contributed by atoms with Crippen LogP contribution in [-0.4, -0.2) is 18.1 Å². The summed E-state index contributed by atoms with van der Waals surface area (Å²) < 4.78 is 10.9. The topological polar surface area (TPSA) is 71.7 Å². The first-order valence-corrected chi connectivity index (χ1v) is 8.59. The smallest absolute Gasteiger partial charge is 0.248 e. The van der Waals surface area contributed by atoms with E-state index in [0.717, 1.165) is 11.1 Å². The van der Waals surface area contributed by atoms with Crippen LogP contribution in [0, 0.1) is 0 Å². The number of benzene rings is 2. The van der Waals surface area contributed by atoms with Gasteiger partial charge < -0.3 is 19.6 Å². The van der Waals surface area contributed by atoms with Gasteiger partial charge in [0.15, 0.2) is 0 Å². The molecule has 0 atom stereocenters. The number of rotatable bonds is 6. The molecule has 0 aliphatic carbocycles. The van der Waals surface area contributed by atoms with E-state index in [2.05, 4.69) is 5.32 Å². The summed E-state index contributed by atoms with van der Waals surface area (Å²) in [6.07, 6.45) is 3.15. The molecule has 0 bridgehead atoms. The molecule has 0 radical (unpaired) electrons. The van der Waals surface area contributed by atoms with Crippen LogP contribution in [0.2, 0.25) is 5.02 Å². The molecule has 2 aromatic carbocycles. The van der Waals surface area contributed by atoms with Crippen molar-refractivity contribution in [1.29, 1.82) is 0 Å². The van der Waals surface area contributed by atoms with Crippen molar-refractivity contribution in [3.63, 3.8) is 0 Å². The molecule has 0 fully saturated rings. The molecule has 0 aliphatic heterocycles. The van der Waals surface area contributed by atoms with Crippen molar-refractivity contribution in [2.75, 3.05) is 12.4 Å². The van der Waals surface area contributed by atoms with Gasteiger partial charge in [0.2, 0.25) is 5.91 Å². The zero-order chi connectivity index (χ0) is 19.2. The minimum Gasteiger partial charge on any atom is -0.496 e. The van der Waals surface area contributed by atoms with Gasteiger partial charge in [0.25, 0.3) is 0 Å². The zero-order valence-corrected chi connectivity index (χ0v) is 15.4. The van der Waals surface area contributed by atoms with Crippen molar-refractivity contribution >= 4 is 29.3 Å². The maximum Gasteiger partial charge on any atom is 0.248 e. The number of hydrogen-bond donors (Lipinski definition) is 2. The van der Waals surface area contributed by atoms with E-state index in [9.17, 15) is 4.79 Å². The molecule has 6 heteroatoms. The largest absolute Gasteiger partial charge is 0.496 e. The Hall–Kier alpha value is -3.02. The van der Waals surface area contributed by atoms with Gasteiger partial charge in [0, 0.05) is 22.9 Å². The van der Waals surface area contributed by atoms with E-state index in [0.29, 0.717) is 28.0 Å².